The van der Waals surface area contributed by atoms with Crippen molar-refractivity contribution in [1.82, 2.24) is 0 Å². The third-order valence-corrected chi connectivity index (χ3v) is 10.0. The van der Waals surface area contributed by atoms with E-state index in [4.69, 9.17) is 8.37 Å². The second-order valence-corrected chi connectivity index (χ2v) is 14.5. The molecule has 0 aliphatic rings. The molecule has 16 heteroatoms. The van der Waals surface area contributed by atoms with E-state index in [2.05, 4.69) is 21.3 Å². The fourth-order valence-electron chi connectivity index (χ4n) is 4.84. The van der Waals surface area contributed by atoms with E-state index < -0.39 is 32.3 Å². The Morgan fingerprint density at radius 1 is 0.389 bits per heavy atom. The van der Waals surface area contributed by atoms with E-state index in [1.165, 1.54) is 121 Å². The molecule has 54 heavy (non-hydrogen) atoms. The van der Waals surface area contributed by atoms with Gasteiger partial charge in [0.05, 0.1) is 0 Å². The lowest BCUT2D eigenvalue weighted by Gasteiger charge is -2.11. The number of benzene rings is 6. The number of anilines is 4. The second-order valence-electron chi connectivity index (χ2n) is 11.4. The van der Waals surface area contributed by atoms with Gasteiger partial charge in [-0.05, 0) is 132 Å². The fraction of sp³-hybridized carbons (Fsp3) is 0. The Kier molecular flexibility index (Phi) is 10.7. The number of carbonyl (C=O) groups excluding carboxylic acids is 2. The number of phenols is 2. The minimum Gasteiger partial charge on any atom is -0.508 e. The normalized spacial score (nSPS) is 11.2. The van der Waals surface area contributed by atoms with Crippen molar-refractivity contribution in [3.63, 3.8) is 0 Å². The third kappa shape index (κ3) is 9.64. The molecule has 0 fully saturated rings. The lowest BCUT2D eigenvalue weighted by Crippen LogP contribution is -2.19. The first-order valence-electron chi connectivity index (χ1n) is 15.9. The van der Waals surface area contributed by atoms with Crippen LogP contribution in [0.15, 0.2) is 155 Å². The number of urea groups is 2. The summed E-state index contributed by atoms with van der Waals surface area (Å²) in [4.78, 5) is 24.2. The van der Waals surface area contributed by atoms with E-state index in [0.29, 0.717) is 33.9 Å². The lowest BCUT2D eigenvalue weighted by atomic mass is 10.1. The van der Waals surface area contributed by atoms with Crippen molar-refractivity contribution in [2.24, 2.45) is 0 Å². The standard InChI is InChI=1S/C38H30N4O10S2/c43-31-13-5-27(6-14-31)39-37(45)41-29-9-17-33(18-10-29)51-53(47,48)35-21-1-25(2-22-35)26-3-23-36(24-4-26)54(49,50)52-34-19-11-30(12-20-34)42-38(46)40-28-7-15-32(44)16-8-28/h1-24,43-44H,(H2,39,41,45)(H2,40,42,46). The number of aromatic hydroxyl groups is 2. The van der Waals surface area contributed by atoms with Gasteiger partial charge in [0, 0.05) is 22.7 Å². The van der Waals surface area contributed by atoms with Crippen LogP contribution in [0.2, 0.25) is 0 Å². The minimum absolute atomic E-state index is 0.0181. The van der Waals surface area contributed by atoms with Gasteiger partial charge in [0.2, 0.25) is 0 Å². The molecule has 6 aromatic carbocycles. The molecule has 0 atom stereocenters. The first kappa shape index (κ1) is 36.7. The molecule has 0 radical (unpaired) electrons. The van der Waals surface area contributed by atoms with Crippen LogP contribution in [-0.4, -0.2) is 39.1 Å². The molecule has 14 nitrogen and oxygen atoms in total. The summed E-state index contributed by atoms with van der Waals surface area (Å²) in [6, 6.07) is 33.8. The van der Waals surface area contributed by atoms with E-state index in [1.807, 2.05) is 0 Å². The van der Waals surface area contributed by atoms with Crippen LogP contribution in [-0.2, 0) is 20.2 Å². The molecule has 0 saturated carbocycles. The number of rotatable bonds is 11. The van der Waals surface area contributed by atoms with Gasteiger partial charge in [-0.1, -0.05) is 24.3 Å². The molecule has 0 aliphatic carbocycles. The summed E-state index contributed by atoms with van der Waals surface area (Å²) in [5, 5.41) is 29.1. The number of hydrogen-bond donors (Lipinski definition) is 6. The van der Waals surface area contributed by atoms with Gasteiger partial charge in [0.1, 0.15) is 32.8 Å². The van der Waals surface area contributed by atoms with Crippen LogP contribution in [0, 0.1) is 0 Å². The Morgan fingerprint density at radius 2 is 0.648 bits per heavy atom. The van der Waals surface area contributed by atoms with E-state index in [0.717, 1.165) is 0 Å². The van der Waals surface area contributed by atoms with E-state index in [1.54, 1.807) is 24.3 Å². The predicted molar refractivity (Wildman–Crippen MR) is 202 cm³/mol. The smallest absolute Gasteiger partial charge is 0.339 e. The topological polar surface area (TPSA) is 209 Å². The Morgan fingerprint density at radius 3 is 0.926 bits per heavy atom. The highest BCUT2D eigenvalue weighted by Gasteiger charge is 2.19. The third-order valence-electron chi connectivity index (χ3n) is 7.51. The Bertz CT molecular complexity index is 2300. The summed E-state index contributed by atoms with van der Waals surface area (Å²) >= 11 is 0. The average molecular weight is 767 g/mol. The molecule has 0 bridgehead atoms. The molecule has 0 unspecified atom stereocenters. The van der Waals surface area contributed by atoms with Gasteiger partial charge in [-0.2, -0.15) is 16.8 Å². The van der Waals surface area contributed by atoms with Crippen LogP contribution < -0.4 is 29.6 Å². The Balaban J connectivity index is 1.02. The van der Waals surface area contributed by atoms with E-state index >= 15 is 0 Å². The van der Waals surface area contributed by atoms with Crippen molar-refractivity contribution in [3.05, 3.63) is 146 Å². The molecule has 4 amide bonds. The highest BCUT2D eigenvalue weighted by atomic mass is 32.2. The summed E-state index contributed by atoms with van der Waals surface area (Å²) in [6.45, 7) is 0. The Hall–Kier alpha value is -7.04. The van der Waals surface area contributed by atoms with Crippen LogP contribution in [0.1, 0.15) is 0 Å². The number of nitrogens with one attached hydrogen (secondary N) is 4. The van der Waals surface area contributed by atoms with Crippen molar-refractivity contribution < 1.29 is 45.0 Å². The van der Waals surface area contributed by atoms with Gasteiger partial charge in [-0.25, -0.2) is 9.59 Å². The largest absolute Gasteiger partial charge is 0.508 e. The molecule has 0 heterocycles. The molecule has 6 aromatic rings. The molecular formula is C38H30N4O10S2. The average Bonchev–Trinajstić information content (AvgIpc) is 3.15. The molecular weight excluding hydrogens is 737 g/mol. The highest BCUT2D eigenvalue weighted by molar-refractivity contribution is 7.87. The second kappa shape index (κ2) is 15.7. The van der Waals surface area contributed by atoms with Gasteiger partial charge in [-0.3, -0.25) is 0 Å². The molecule has 0 aliphatic heterocycles. The monoisotopic (exact) mass is 766 g/mol. The summed E-state index contributed by atoms with van der Waals surface area (Å²) in [7, 11) is -8.44. The number of phenolic OH excluding ortho intramolecular Hbond substituents is 2. The van der Waals surface area contributed by atoms with Crippen molar-refractivity contribution in [1.29, 1.82) is 0 Å². The number of carbonyl (C=O) groups is 2. The zero-order chi connectivity index (χ0) is 38.3. The molecule has 6 N–H and O–H groups in total. The zero-order valence-electron chi connectivity index (χ0n) is 27.8. The van der Waals surface area contributed by atoms with E-state index in [-0.39, 0.29) is 32.8 Å². The summed E-state index contributed by atoms with van der Waals surface area (Å²) in [5.74, 6) is 0.156. The van der Waals surface area contributed by atoms with Gasteiger partial charge >= 0.3 is 32.3 Å². The van der Waals surface area contributed by atoms with E-state index in [9.17, 15) is 36.6 Å². The van der Waals surface area contributed by atoms with Gasteiger partial charge in [0.15, 0.2) is 0 Å². The number of hydrogen-bond acceptors (Lipinski definition) is 10. The zero-order valence-corrected chi connectivity index (χ0v) is 29.5. The van der Waals surface area contributed by atoms with Crippen molar-refractivity contribution in [2.75, 3.05) is 21.3 Å². The maximum Gasteiger partial charge on any atom is 0.339 e. The van der Waals surface area contributed by atoms with Gasteiger partial charge in [-0.15, -0.1) is 0 Å². The Labute approximate surface area is 309 Å². The first-order chi connectivity index (χ1) is 25.8. The predicted octanol–water partition coefficient (Wildman–Crippen LogP) is 7.59. The number of amides is 4. The molecule has 6 rings (SSSR count). The molecule has 274 valence electrons. The molecule has 0 saturated heterocycles. The SMILES string of the molecule is O=C(Nc1ccc(O)cc1)Nc1ccc(OS(=O)(=O)c2ccc(-c3ccc(S(=O)(=O)Oc4ccc(NC(=O)Nc5ccc(O)cc5)cc4)cc3)cc2)cc1. The molecule has 0 spiro atoms. The summed E-state index contributed by atoms with van der Waals surface area (Å²) in [5.41, 5.74) is 2.90. The maximum absolute atomic E-state index is 13.0. The van der Waals surface area contributed by atoms with Crippen LogP contribution >= 0.6 is 0 Å². The van der Waals surface area contributed by atoms with Crippen LogP contribution in [0.4, 0.5) is 32.3 Å². The minimum atomic E-state index is -4.22. The van der Waals surface area contributed by atoms with Gasteiger partial charge in [0.25, 0.3) is 0 Å². The van der Waals surface area contributed by atoms with Crippen molar-refractivity contribution in [3.8, 4) is 34.1 Å². The molecule has 0 aromatic heterocycles. The quantitative estimate of drug-likeness (QED) is 0.0562. The lowest BCUT2D eigenvalue weighted by molar-refractivity contribution is 0.261. The van der Waals surface area contributed by atoms with Crippen molar-refractivity contribution in [2.45, 2.75) is 9.79 Å². The first-order valence-corrected chi connectivity index (χ1v) is 18.7. The summed E-state index contributed by atoms with van der Waals surface area (Å²) in [6.07, 6.45) is 0. The van der Waals surface area contributed by atoms with Crippen LogP contribution in [0.25, 0.3) is 11.1 Å². The fourth-order valence-corrected chi connectivity index (χ4v) is 6.70. The highest BCUT2D eigenvalue weighted by Crippen LogP contribution is 2.27. The van der Waals surface area contributed by atoms with Crippen LogP contribution in [0.3, 0.4) is 0 Å². The summed E-state index contributed by atoms with van der Waals surface area (Å²) < 4.78 is 62.4. The van der Waals surface area contributed by atoms with Gasteiger partial charge < -0.3 is 39.8 Å². The maximum atomic E-state index is 13.0. The van der Waals surface area contributed by atoms with Crippen molar-refractivity contribution >= 4 is 55.0 Å². The van der Waals surface area contributed by atoms with Crippen LogP contribution in [0.5, 0.6) is 23.0 Å².